The van der Waals surface area contributed by atoms with Gasteiger partial charge in [0, 0.05) is 22.1 Å². The van der Waals surface area contributed by atoms with Crippen molar-refractivity contribution in [1.29, 1.82) is 0 Å². The van der Waals surface area contributed by atoms with E-state index in [4.69, 9.17) is 11.6 Å². The van der Waals surface area contributed by atoms with Gasteiger partial charge in [-0.15, -0.1) is 0 Å². The minimum Gasteiger partial charge on any atom is -0.297 e. The predicted molar refractivity (Wildman–Crippen MR) is 75.0 cm³/mol. The van der Waals surface area contributed by atoms with Crippen LogP contribution >= 0.6 is 27.5 Å². The molecule has 0 radical (unpaired) electrons. The predicted octanol–water partition coefficient (Wildman–Crippen LogP) is 4.72. The van der Waals surface area contributed by atoms with Gasteiger partial charge >= 0.3 is 0 Å². The van der Waals surface area contributed by atoms with Gasteiger partial charge < -0.3 is 0 Å². The van der Waals surface area contributed by atoms with Crippen molar-refractivity contribution in [2.75, 3.05) is 6.54 Å². The molecular formula is C13H19BrClN. The average molecular weight is 305 g/mol. The summed E-state index contributed by atoms with van der Waals surface area (Å²) >= 11 is 9.65. The molecule has 0 unspecified atom stereocenters. The first-order valence-corrected chi connectivity index (χ1v) is 6.89. The van der Waals surface area contributed by atoms with E-state index in [1.807, 2.05) is 12.1 Å². The van der Waals surface area contributed by atoms with Crippen LogP contribution in [0.2, 0.25) is 5.02 Å². The van der Waals surface area contributed by atoms with Crippen LogP contribution in [0.4, 0.5) is 0 Å². The molecule has 1 aromatic rings. The molecule has 1 nitrogen and oxygen atoms in total. The SMILES string of the molecule is CCCN(Cc1ccc(Br)cc1Cl)C(C)C. The van der Waals surface area contributed by atoms with Crippen molar-refractivity contribution < 1.29 is 0 Å². The second kappa shape index (κ2) is 6.63. The Balaban J connectivity index is 2.77. The smallest absolute Gasteiger partial charge is 0.0462 e. The molecule has 90 valence electrons. The zero-order valence-electron chi connectivity index (χ0n) is 10.1. The van der Waals surface area contributed by atoms with Crippen molar-refractivity contribution in [3.63, 3.8) is 0 Å². The number of nitrogens with zero attached hydrogens (tertiary/aromatic N) is 1. The third-order valence-corrected chi connectivity index (χ3v) is 3.47. The van der Waals surface area contributed by atoms with E-state index >= 15 is 0 Å². The van der Waals surface area contributed by atoms with Gasteiger partial charge in [0.2, 0.25) is 0 Å². The molecule has 0 saturated carbocycles. The van der Waals surface area contributed by atoms with Crippen LogP contribution in [0.25, 0.3) is 0 Å². The van der Waals surface area contributed by atoms with Crippen molar-refractivity contribution in [1.82, 2.24) is 4.90 Å². The molecule has 0 aliphatic rings. The lowest BCUT2D eigenvalue weighted by atomic mass is 10.2. The van der Waals surface area contributed by atoms with Gasteiger partial charge in [-0.3, -0.25) is 4.90 Å². The first-order valence-electron chi connectivity index (χ1n) is 5.72. The molecule has 0 heterocycles. The summed E-state index contributed by atoms with van der Waals surface area (Å²) in [7, 11) is 0. The summed E-state index contributed by atoms with van der Waals surface area (Å²) in [5, 5.41) is 0.844. The molecule has 1 rings (SSSR count). The highest BCUT2D eigenvalue weighted by Crippen LogP contribution is 2.23. The Kier molecular flexibility index (Phi) is 5.81. The Hall–Kier alpha value is -0.0500. The van der Waals surface area contributed by atoms with Crippen molar-refractivity contribution >= 4 is 27.5 Å². The highest BCUT2D eigenvalue weighted by Gasteiger charge is 2.11. The first-order chi connectivity index (χ1) is 7.54. The van der Waals surface area contributed by atoms with E-state index in [1.165, 1.54) is 12.0 Å². The van der Waals surface area contributed by atoms with Gasteiger partial charge in [0.05, 0.1) is 0 Å². The number of hydrogen-bond acceptors (Lipinski definition) is 1. The lowest BCUT2D eigenvalue weighted by molar-refractivity contribution is 0.213. The molecule has 3 heteroatoms. The Labute approximate surface area is 112 Å². The van der Waals surface area contributed by atoms with Gasteiger partial charge in [0.1, 0.15) is 0 Å². The summed E-state index contributed by atoms with van der Waals surface area (Å²) in [5.41, 5.74) is 1.20. The van der Waals surface area contributed by atoms with Crippen LogP contribution in [0.15, 0.2) is 22.7 Å². The minimum absolute atomic E-state index is 0.555. The zero-order chi connectivity index (χ0) is 12.1. The largest absolute Gasteiger partial charge is 0.297 e. The molecule has 1 aromatic carbocycles. The van der Waals surface area contributed by atoms with Gasteiger partial charge in [-0.25, -0.2) is 0 Å². The molecule has 0 atom stereocenters. The summed E-state index contributed by atoms with van der Waals surface area (Å²) in [6, 6.07) is 6.66. The fourth-order valence-corrected chi connectivity index (χ4v) is 2.41. The van der Waals surface area contributed by atoms with Crippen LogP contribution in [-0.2, 0) is 6.54 Å². The van der Waals surface area contributed by atoms with E-state index in [0.29, 0.717) is 6.04 Å². The molecule has 0 aliphatic heterocycles. The molecule has 0 amide bonds. The standard InChI is InChI=1S/C13H19BrClN/c1-4-7-16(10(2)3)9-11-5-6-12(14)8-13(11)15/h5-6,8,10H,4,7,9H2,1-3H3. The monoisotopic (exact) mass is 303 g/mol. The second-order valence-corrected chi connectivity index (χ2v) is 5.62. The van der Waals surface area contributed by atoms with Crippen molar-refractivity contribution in [3.8, 4) is 0 Å². The minimum atomic E-state index is 0.555. The Morgan fingerprint density at radius 2 is 2.06 bits per heavy atom. The molecule has 0 bridgehead atoms. The summed E-state index contributed by atoms with van der Waals surface area (Å²) in [6.45, 7) is 8.70. The normalized spacial score (nSPS) is 11.4. The van der Waals surface area contributed by atoms with Crippen molar-refractivity contribution in [2.45, 2.75) is 39.8 Å². The maximum atomic E-state index is 6.22. The van der Waals surface area contributed by atoms with E-state index in [1.54, 1.807) is 0 Å². The van der Waals surface area contributed by atoms with Gasteiger partial charge in [-0.05, 0) is 44.5 Å². The van der Waals surface area contributed by atoms with Crippen LogP contribution in [0.3, 0.4) is 0 Å². The molecule has 0 N–H and O–H groups in total. The van der Waals surface area contributed by atoms with E-state index < -0.39 is 0 Å². The fourth-order valence-electron chi connectivity index (χ4n) is 1.68. The first kappa shape index (κ1) is 14.0. The highest BCUT2D eigenvalue weighted by molar-refractivity contribution is 9.10. The van der Waals surface area contributed by atoms with E-state index in [0.717, 1.165) is 22.6 Å². The lowest BCUT2D eigenvalue weighted by Gasteiger charge is -2.26. The van der Waals surface area contributed by atoms with Crippen LogP contribution in [-0.4, -0.2) is 17.5 Å². The highest BCUT2D eigenvalue weighted by atomic mass is 79.9. The van der Waals surface area contributed by atoms with Gasteiger partial charge in [0.15, 0.2) is 0 Å². The lowest BCUT2D eigenvalue weighted by Crippen LogP contribution is -2.31. The van der Waals surface area contributed by atoms with Crippen LogP contribution < -0.4 is 0 Å². The van der Waals surface area contributed by atoms with E-state index in [2.05, 4.69) is 47.7 Å². The quantitative estimate of drug-likeness (QED) is 0.760. The Morgan fingerprint density at radius 1 is 1.38 bits per heavy atom. The molecule has 0 saturated heterocycles. The summed E-state index contributed by atoms with van der Waals surface area (Å²) in [6.07, 6.45) is 1.17. The van der Waals surface area contributed by atoms with Crippen LogP contribution in [0.1, 0.15) is 32.8 Å². The third kappa shape index (κ3) is 4.08. The summed E-state index contributed by atoms with van der Waals surface area (Å²) in [5.74, 6) is 0. The number of halogens is 2. The number of rotatable bonds is 5. The van der Waals surface area contributed by atoms with Gasteiger partial charge in [-0.2, -0.15) is 0 Å². The maximum absolute atomic E-state index is 6.22. The zero-order valence-corrected chi connectivity index (χ0v) is 12.5. The molecule has 0 aromatic heterocycles. The van der Waals surface area contributed by atoms with Crippen LogP contribution in [0.5, 0.6) is 0 Å². The topological polar surface area (TPSA) is 3.24 Å². The molecule has 0 spiro atoms. The van der Waals surface area contributed by atoms with Crippen molar-refractivity contribution in [2.24, 2.45) is 0 Å². The number of benzene rings is 1. The molecule has 16 heavy (non-hydrogen) atoms. The van der Waals surface area contributed by atoms with Crippen molar-refractivity contribution in [3.05, 3.63) is 33.3 Å². The summed E-state index contributed by atoms with van der Waals surface area (Å²) in [4.78, 5) is 2.44. The van der Waals surface area contributed by atoms with Gasteiger partial charge in [0.25, 0.3) is 0 Å². The Bertz CT molecular complexity index is 339. The number of hydrogen-bond donors (Lipinski definition) is 0. The molecular weight excluding hydrogens is 286 g/mol. The average Bonchev–Trinajstić information content (AvgIpc) is 2.20. The molecule has 0 fully saturated rings. The van der Waals surface area contributed by atoms with Gasteiger partial charge in [-0.1, -0.05) is 40.5 Å². The molecule has 0 aliphatic carbocycles. The van der Waals surface area contributed by atoms with E-state index in [9.17, 15) is 0 Å². The second-order valence-electron chi connectivity index (χ2n) is 4.30. The van der Waals surface area contributed by atoms with E-state index in [-0.39, 0.29) is 0 Å². The maximum Gasteiger partial charge on any atom is 0.0462 e. The fraction of sp³-hybridized carbons (Fsp3) is 0.538. The summed E-state index contributed by atoms with van der Waals surface area (Å²) < 4.78 is 1.04. The third-order valence-electron chi connectivity index (χ3n) is 2.63. The van der Waals surface area contributed by atoms with Crippen LogP contribution in [0, 0.1) is 0 Å². The Morgan fingerprint density at radius 3 is 2.56 bits per heavy atom.